The lowest BCUT2D eigenvalue weighted by Crippen LogP contribution is -2.12. The summed E-state index contributed by atoms with van der Waals surface area (Å²) in [4.78, 5) is 22.3. The second kappa shape index (κ2) is 9.51. The van der Waals surface area contributed by atoms with Crippen LogP contribution in [0.25, 0.3) is 11.2 Å². The van der Waals surface area contributed by atoms with Crippen LogP contribution in [-0.4, -0.2) is 26.1 Å². The van der Waals surface area contributed by atoms with Crippen LogP contribution in [0.1, 0.15) is 0 Å². The lowest BCUT2D eigenvalue weighted by atomic mass is 10.3. The average molecular weight is 453 g/mol. The second-order valence-corrected chi connectivity index (χ2v) is 8.31. The third-order valence-electron chi connectivity index (χ3n) is 4.18. The van der Waals surface area contributed by atoms with Gasteiger partial charge in [-0.15, -0.1) is 0 Å². The number of rotatable bonds is 9. The van der Waals surface area contributed by atoms with Crippen molar-refractivity contribution >= 4 is 24.7 Å². The Labute approximate surface area is 182 Å². The molecule has 0 radical (unpaired) electrons. The lowest BCUT2D eigenvalue weighted by molar-refractivity contribution is 0.103. The van der Waals surface area contributed by atoms with Gasteiger partial charge < -0.3 is 19.5 Å². The van der Waals surface area contributed by atoms with Gasteiger partial charge in [-0.3, -0.25) is 14.3 Å². The number of aromatic amines is 1. The van der Waals surface area contributed by atoms with E-state index in [1.54, 1.807) is 54.6 Å². The number of nitrogen functional groups attached to an aromatic ring is 1. The normalized spacial score (nSPS) is 11.8. The summed E-state index contributed by atoms with van der Waals surface area (Å²) in [6.07, 6.45) is 2.97. The van der Waals surface area contributed by atoms with Crippen LogP contribution in [0, 0.1) is 0 Å². The molecule has 0 atom stereocenters. The molecular weight excluding hydrogens is 433 g/mol. The third-order valence-corrected chi connectivity index (χ3v) is 5.68. The molecule has 2 aromatic carbocycles. The van der Waals surface area contributed by atoms with Crippen LogP contribution >= 0.6 is 7.60 Å². The Balaban J connectivity index is 1.43. The number of benzene rings is 2. The first kappa shape index (κ1) is 21.4. The first-order chi connectivity index (χ1) is 15.5. The number of aromatic nitrogens is 4. The van der Waals surface area contributed by atoms with Crippen molar-refractivity contribution in [3.05, 3.63) is 89.2 Å². The number of hydrogen-bond acceptors (Lipinski definition) is 8. The van der Waals surface area contributed by atoms with E-state index in [9.17, 15) is 9.36 Å². The number of fused-ring (bicyclic) bond motifs is 1. The fourth-order valence-corrected chi connectivity index (χ4v) is 4.13. The Morgan fingerprint density at radius 2 is 1.66 bits per heavy atom. The number of para-hydroxylation sites is 2. The summed E-state index contributed by atoms with van der Waals surface area (Å²) in [6.45, 7) is 0.152. The van der Waals surface area contributed by atoms with E-state index in [0.717, 1.165) is 0 Å². The first-order valence-corrected chi connectivity index (χ1v) is 11.2. The minimum absolute atomic E-state index is 0.0128. The predicted octanol–water partition coefficient (Wildman–Crippen LogP) is 3.54. The molecule has 0 saturated heterocycles. The molecule has 0 aliphatic rings. The van der Waals surface area contributed by atoms with Crippen molar-refractivity contribution in [2.45, 2.75) is 6.73 Å². The summed E-state index contributed by atoms with van der Waals surface area (Å²) in [6, 6.07) is 17.5. The highest BCUT2D eigenvalue weighted by Gasteiger charge is 2.24. The summed E-state index contributed by atoms with van der Waals surface area (Å²) >= 11 is 0. The van der Waals surface area contributed by atoms with Crippen LogP contribution < -0.4 is 20.3 Å². The number of ether oxygens (including phenoxy) is 1. The molecule has 164 valence electrons. The van der Waals surface area contributed by atoms with E-state index in [2.05, 4.69) is 15.0 Å². The maximum Gasteiger partial charge on any atom is 0.455 e. The summed E-state index contributed by atoms with van der Waals surface area (Å²) in [7, 11) is -3.67. The van der Waals surface area contributed by atoms with Gasteiger partial charge in [0, 0.05) is 0 Å². The maximum atomic E-state index is 13.3. The van der Waals surface area contributed by atoms with Gasteiger partial charge in [0.25, 0.3) is 5.56 Å². The van der Waals surface area contributed by atoms with Gasteiger partial charge in [0.2, 0.25) is 5.95 Å². The van der Waals surface area contributed by atoms with E-state index in [1.165, 1.54) is 16.7 Å². The Morgan fingerprint density at radius 1 is 1.03 bits per heavy atom. The summed E-state index contributed by atoms with van der Waals surface area (Å²) in [5.41, 5.74) is 5.63. The Bertz CT molecular complexity index is 1280. The van der Waals surface area contributed by atoms with Gasteiger partial charge in [0.05, 0.1) is 18.8 Å². The quantitative estimate of drug-likeness (QED) is 0.290. The van der Waals surface area contributed by atoms with Crippen molar-refractivity contribution < 1.29 is 18.3 Å². The van der Waals surface area contributed by atoms with Gasteiger partial charge >= 0.3 is 7.60 Å². The largest absolute Gasteiger partial charge is 0.455 e. The minimum Gasteiger partial charge on any atom is -0.413 e. The van der Waals surface area contributed by atoms with E-state index >= 15 is 0 Å². The highest BCUT2D eigenvalue weighted by molar-refractivity contribution is 7.58. The number of nitrogens with zero attached hydrogens (tertiary/aromatic N) is 3. The number of anilines is 1. The van der Waals surface area contributed by atoms with Gasteiger partial charge in [0.15, 0.2) is 11.2 Å². The molecule has 0 saturated carbocycles. The Morgan fingerprint density at radius 3 is 2.28 bits per heavy atom. The standard InChI is InChI=1S/C21H20N5O5P/c22-21-24-19-18(20(27)25-21)23-14-26(19)15-29-12-7-13-32(28,30-16-8-3-1-4-9-16)31-17-10-5-2-6-11-17/h1-11,13-14H,12,15H2,(H3,22,24,25,27). The minimum atomic E-state index is -3.67. The zero-order valence-electron chi connectivity index (χ0n) is 16.8. The zero-order valence-corrected chi connectivity index (χ0v) is 17.7. The molecule has 0 aliphatic carbocycles. The van der Waals surface area contributed by atoms with Crippen LogP contribution in [0.4, 0.5) is 5.95 Å². The fourth-order valence-electron chi connectivity index (χ4n) is 2.79. The SMILES string of the molecule is Nc1nc2c(ncn2COCC=CP(=O)(Oc2ccccc2)Oc2ccccc2)c(=O)[nH]1. The van der Waals surface area contributed by atoms with Crippen LogP contribution in [0.15, 0.2) is 83.7 Å². The van der Waals surface area contributed by atoms with Gasteiger partial charge in [-0.1, -0.05) is 36.4 Å². The predicted molar refractivity (Wildman–Crippen MR) is 119 cm³/mol. The molecule has 4 aromatic rings. The molecule has 0 amide bonds. The molecule has 0 unspecified atom stereocenters. The molecule has 2 aromatic heterocycles. The fraction of sp³-hybridized carbons (Fsp3) is 0.0952. The van der Waals surface area contributed by atoms with Crippen molar-refractivity contribution in [3.63, 3.8) is 0 Å². The zero-order chi connectivity index (χ0) is 22.4. The van der Waals surface area contributed by atoms with Crippen molar-refractivity contribution in [1.29, 1.82) is 0 Å². The molecule has 3 N–H and O–H groups in total. The molecule has 0 aliphatic heterocycles. The molecule has 2 heterocycles. The van der Waals surface area contributed by atoms with E-state index in [0.29, 0.717) is 17.1 Å². The molecule has 11 heteroatoms. The van der Waals surface area contributed by atoms with E-state index < -0.39 is 13.2 Å². The molecule has 0 spiro atoms. The van der Waals surface area contributed by atoms with Gasteiger partial charge in [-0.05, 0) is 30.3 Å². The number of H-pyrrole nitrogens is 1. The summed E-state index contributed by atoms with van der Waals surface area (Å²) < 4.78 is 31.8. The molecule has 4 rings (SSSR count). The first-order valence-electron chi connectivity index (χ1n) is 9.57. The third kappa shape index (κ3) is 5.23. The number of nitrogens with two attached hydrogens (primary N) is 1. The van der Waals surface area contributed by atoms with E-state index in [1.807, 2.05) is 12.1 Å². The van der Waals surface area contributed by atoms with Crippen molar-refractivity contribution in [2.24, 2.45) is 0 Å². The molecule has 0 bridgehead atoms. The van der Waals surface area contributed by atoms with Crippen LogP contribution in [0.3, 0.4) is 0 Å². The average Bonchev–Trinajstić information content (AvgIpc) is 3.18. The van der Waals surface area contributed by atoms with Crippen LogP contribution in [-0.2, 0) is 16.0 Å². The lowest BCUT2D eigenvalue weighted by Gasteiger charge is -2.17. The molecule has 0 fully saturated rings. The summed E-state index contributed by atoms with van der Waals surface area (Å²) in [5.74, 6) is 2.16. The molecule has 32 heavy (non-hydrogen) atoms. The Kier molecular flexibility index (Phi) is 6.34. The number of nitrogens with one attached hydrogen (secondary N) is 1. The van der Waals surface area contributed by atoms with Crippen LogP contribution in [0.5, 0.6) is 11.5 Å². The van der Waals surface area contributed by atoms with E-state index in [-0.39, 0.29) is 24.8 Å². The highest BCUT2D eigenvalue weighted by Crippen LogP contribution is 2.49. The number of imidazole rings is 1. The van der Waals surface area contributed by atoms with Crippen molar-refractivity contribution in [1.82, 2.24) is 19.5 Å². The monoisotopic (exact) mass is 453 g/mol. The second-order valence-electron chi connectivity index (χ2n) is 6.57. The van der Waals surface area contributed by atoms with Gasteiger partial charge in [-0.2, -0.15) is 4.98 Å². The van der Waals surface area contributed by atoms with Crippen LogP contribution in [0.2, 0.25) is 0 Å². The Hall–Kier alpha value is -3.88. The highest BCUT2D eigenvalue weighted by atomic mass is 31.2. The molecular formula is C21H20N5O5P. The van der Waals surface area contributed by atoms with Crippen molar-refractivity contribution in [3.8, 4) is 11.5 Å². The smallest absolute Gasteiger partial charge is 0.413 e. The molecule has 10 nitrogen and oxygen atoms in total. The van der Waals surface area contributed by atoms with E-state index in [4.69, 9.17) is 19.5 Å². The maximum absolute atomic E-state index is 13.3. The van der Waals surface area contributed by atoms with Crippen molar-refractivity contribution in [2.75, 3.05) is 12.3 Å². The topological polar surface area (TPSA) is 134 Å². The van der Waals surface area contributed by atoms with Gasteiger partial charge in [0.1, 0.15) is 18.2 Å². The number of hydrogen-bond donors (Lipinski definition) is 2. The van der Waals surface area contributed by atoms with Gasteiger partial charge in [-0.25, -0.2) is 9.55 Å². The summed E-state index contributed by atoms with van der Waals surface area (Å²) in [5, 5.41) is 0.